The van der Waals surface area contributed by atoms with Gasteiger partial charge in [-0.25, -0.2) is 0 Å². The third-order valence-corrected chi connectivity index (χ3v) is 4.91. The van der Waals surface area contributed by atoms with E-state index in [0.29, 0.717) is 26.1 Å². The number of aryl methyl sites for hydroxylation is 2. The normalized spacial score (nSPS) is 12.6. The van der Waals surface area contributed by atoms with E-state index in [1.165, 1.54) is 11.1 Å². The van der Waals surface area contributed by atoms with Crippen molar-refractivity contribution >= 4 is 5.78 Å². The van der Waals surface area contributed by atoms with E-state index < -0.39 is 0 Å². The Labute approximate surface area is 159 Å². The van der Waals surface area contributed by atoms with Gasteiger partial charge in [-0.2, -0.15) is 0 Å². The Morgan fingerprint density at radius 2 is 1.63 bits per heavy atom. The minimum atomic E-state index is 0.154. The molecule has 0 radical (unpaired) electrons. The zero-order chi connectivity index (χ0) is 18.6. The van der Waals surface area contributed by atoms with Crippen LogP contribution in [-0.4, -0.2) is 19.0 Å². The van der Waals surface area contributed by atoms with Crippen LogP contribution >= 0.6 is 0 Å². The molecule has 136 valence electrons. The van der Waals surface area contributed by atoms with Crippen molar-refractivity contribution in [3.63, 3.8) is 0 Å². The lowest BCUT2D eigenvalue weighted by molar-refractivity contribution is 0.0983. The molecule has 3 nitrogen and oxygen atoms in total. The van der Waals surface area contributed by atoms with Crippen LogP contribution in [0.1, 0.15) is 27.9 Å². The van der Waals surface area contributed by atoms with Gasteiger partial charge in [0, 0.05) is 12.0 Å². The summed E-state index contributed by atoms with van der Waals surface area (Å²) in [4.78, 5) is 12.6. The van der Waals surface area contributed by atoms with Gasteiger partial charge in [-0.15, -0.1) is 0 Å². The molecule has 0 saturated carbocycles. The van der Waals surface area contributed by atoms with Gasteiger partial charge in [-0.3, -0.25) is 4.79 Å². The fraction of sp³-hybridized carbons (Fsp3) is 0.208. The molecule has 1 heterocycles. The van der Waals surface area contributed by atoms with Crippen LogP contribution in [0.4, 0.5) is 0 Å². The SMILES string of the molecule is Cc1ccccc1-c1ccc(C(=O)CCc2ccc3c(c2)OCCO3)cc1. The highest BCUT2D eigenvalue weighted by atomic mass is 16.6. The van der Waals surface area contributed by atoms with Gasteiger partial charge in [0.15, 0.2) is 17.3 Å². The molecule has 3 aromatic rings. The van der Waals surface area contributed by atoms with Crippen LogP contribution in [0, 0.1) is 6.92 Å². The molecule has 0 unspecified atom stereocenters. The average molecular weight is 358 g/mol. The van der Waals surface area contributed by atoms with E-state index in [2.05, 4.69) is 19.1 Å². The van der Waals surface area contributed by atoms with Crippen LogP contribution in [0.2, 0.25) is 0 Å². The van der Waals surface area contributed by atoms with Crippen LogP contribution in [0.3, 0.4) is 0 Å². The third kappa shape index (κ3) is 3.87. The molecule has 0 aromatic heterocycles. The molecule has 0 fully saturated rings. The van der Waals surface area contributed by atoms with Gasteiger partial charge in [-0.05, 0) is 47.7 Å². The monoisotopic (exact) mass is 358 g/mol. The maximum absolute atomic E-state index is 12.6. The summed E-state index contributed by atoms with van der Waals surface area (Å²) in [5, 5.41) is 0. The average Bonchev–Trinajstić information content (AvgIpc) is 2.72. The van der Waals surface area contributed by atoms with E-state index >= 15 is 0 Å². The van der Waals surface area contributed by atoms with E-state index in [0.717, 1.165) is 28.2 Å². The zero-order valence-electron chi connectivity index (χ0n) is 15.4. The van der Waals surface area contributed by atoms with Crippen molar-refractivity contribution in [3.8, 4) is 22.6 Å². The molecule has 0 saturated heterocycles. The standard InChI is InChI=1S/C24H22O3/c1-17-4-2-3-5-21(17)19-8-10-20(11-9-19)22(25)12-6-18-7-13-23-24(16-18)27-15-14-26-23/h2-5,7-11,13,16H,6,12,14-15H2,1H3. The third-order valence-electron chi connectivity index (χ3n) is 4.91. The second kappa shape index (κ2) is 7.67. The summed E-state index contributed by atoms with van der Waals surface area (Å²) in [5.74, 6) is 1.71. The zero-order valence-corrected chi connectivity index (χ0v) is 15.4. The van der Waals surface area contributed by atoms with E-state index in [-0.39, 0.29) is 5.78 Å². The number of carbonyl (C=O) groups excluding carboxylic acids is 1. The Hall–Kier alpha value is -3.07. The number of fused-ring (bicyclic) bond motifs is 1. The fourth-order valence-corrected chi connectivity index (χ4v) is 3.38. The number of rotatable bonds is 5. The molecule has 3 aromatic carbocycles. The fourth-order valence-electron chi connectivity index (χ4n) is 3.38. The maximum atomic E-state index is 12.6. The van der Waals surface area contributed by atoms with Gasteiger partial charge in [0.2, 0.25) is 0 Å². The Balaban J connectivity index is 1.42. The first-order valence-corrected chi connectivity index (χ1v) is 9.28. The van der Waals surface area contributed by atoms with E-state index in [4.69, 9.17) is 9.47 Å². The predicted molar refractivity (Wildman–Crippen MR) is 107 cm³/mol. The Morgan fingerprint density at radius 3 is 2.41 bits per heavy atom. The maximum Gasteiger partial charge on any atom is 0.163 e. The van der Waals surface area contributed by atoms with Gasteiger partial charge < -0.3 is 9.47 Å². The second-order valence-corrected chi connectivity index (χ2v) is 6.79. The molecule has 4 rings (SSSR count). The summed E-state index contributed by atoms with van der Waals surface area (Å²) < 4.78 is 11.1. The second-order valence-electron chi connectivity index (χ2n) is 6.79. The lowest BCUT2D eigenvalue weighted by Gasteiger charge is -2.18. The van der Waals surface area contributed by atoms with Crippen molar-refractivity contribution in [2.75, 3.05) is 13.2 Å². The number of carbonyl (C=O) groups is 1. The minimum absolute atomic E-state index is 0.154. The lowest BCUT2D eigenvalue weighted by atomic mass is 9.97. The summed E-state index contributed by atoms with van der Waals surface area (Å²) in [6.45, 7) is 3.26. The van der Waals surface area contributed by atoms with Crippen LogP contribution in [-0.2, 0) is 6.42 Å². The summed E-state index contributed by atoms with van der Waals surface area (Å²) in [6.07, 6.45) is 1.17. The first kappa shape index (κ1) is 17.3. The number of Topliss-reactive ketones (excluding diaryl/α,β-unsaturated/α-hetero) is 1. The lowest BCUT2D eigenvalue weighted by Crippen LogP contribution is -2.15. The van der Waals surface area contributed by atoms with Crippen molar-refractivity contribution in [2.45, 2.75) is 19.8 Å². The van der Waals surface area contributed by atoms with E-state index in [1.54, 1.807) is 0 Å². The Morgan fingerprint density at radius 1 is 0.889 bits per heavy atom. The number of ether oxygens (including phenoxy) is 2. The first-order valence-electron chi connectivity index (χ1n) is 9.28. The van der Waals surface area contributed by atoms with Gasteiger partial charge >= 0.3 is 0 Å². The van der Waals surface area contributed by atoms with Crippen LogP contribution in [0.25, 0.3) is 11.1 Å². The molecule has 0 atom stereocenters. The van der Waals surface area contributed by atoms with Gasteiger partial charge in [-0.1, -0.05) is 54.6 Å². The van der Waals surface area contributed by atoms with Crippen LogP contribution in [0.15, 0.2) is 66.7 Å². The quantitative estimate of drug-likeness (QED) is 0.585. The van der Waals surface area contributed by atoms with E-state index in [1.807, 2.05) is 54.6 Å². The van der Waals surface area contributed by atoms with Crippen LogP contribution in [0.5, 0.6) is 11.5 Å². The molecule has 1 aliphatic rings. The predicted octanol–water partition coefficient (Wildman–Crippen LogP) is 5.25. The summed E-state index contributed by atoms with van der Waals surface area (Å²) in [5.41, 5.74) is 5.41. The molecule has 27 heavy (non-hydrogen) atoms. The van der Waals surface area contributed by atoms with Gasteiger partial charge in [0.25, 0.3) is 0 Å². The number of hydrogen-bond acceptors (Lipinski definition) is 3. The highest BCUT2D eigenvalue weighted by Crippen LogP contribution is 2.31. The Kier molecular flexibility index (Phi) is 4.93. The first-order chi connectivity index (χ1) is 13.2. The highest BCUT2D eigenvalue weighted by Gasteiger charge is 2.13. The van der Waals surface area contributed by atoms with Gasteiger partial charge in [0.05, 0.1) is 0 Å². The topological polar surface area (TPSA) is 35.5 Å². The molecule has 0 bridgehead atoms. The van der Waals surface area contributed by atoms with E-state index in [9.17, 15) is 4.79 Å². The van der Waals surface area contributed by atoms with Gasteiger partial charge in [0.1, 0.15) is 13.2 Å². The van der Waals surface area contributed by atoms with Crippen molar-refractivity contribution in [3.05, 3.63) is 83.4 Å². The molecule has 0 N–H and O–H groups in total. The van der Waals surface area contributed by atoms with Crippen molar-refractivity contribution in [1.29, 1.82) is 0 Å². The highest BCUT2D eigenvalue weighted by molar-refractivity contribution is 5.96. The van der Waals surface area contributed by atoms with Crippen molar-refractivity contribution in [1.82, 2.24) is 0 Å². The Bertz CT molecular complexity index is 958. The number of hydrogen-bond donors (Lipinski definition) is 0. The molecule has 0 spiro atoms. The summed E-state index contributed by atoms with van der Waals surface area (Å²) in [7, 11) is 0. The molecular weight excluding hydrogens is 336 g/mol. The molecule has 3 heteroatoms. The van der Waals surface area contributed by atoms with Crippen molar-refractivity contribution < 1.29 is 14.3 Å². The summed E-state index contributed by atoms with van der Waals surface area (Å²) in [6, 6.07) is 22.1. The largest absolute Gasteiger partial charge is 0.486 e. The molecule has 1 aliphatic heterocycles. The molecule has 0 aliphatic carbocycles. The summed E-state index contributed by atoms with van der Waals surface area (Å²) >= 11 is 0. The van der Waals surface area contributed by atoms with Crippen molar-refractivity contribution in [2.24, 2.45) is 0 Å². The molecule has 0 amide bonds. The molecular formula is C24H22O3. The minimum Gasteiger partial charge on any atom is -0.486 e. The van der Waals surface area contributed by atoms with Crippen LogP contribution < -0.4 is 9.47 Å². The smallest absolute Gasteiger partial charge is 0.163 e. The number of ketones is 1. The number of benzene rings is 3.